The Labute approximate surface area is 151 Å². The van der Waals surface area contributed by atoms with Crippen LogP contribution in [0.5, 0.6) is 0 Å². The summed E-state index contributed by atoms with van der Waals surface area (Å²) < 4.78 is 0. The fourth-order valence-electron chi connectivity index (χ4n) is 8.69. The van der Waals surface area contributed by atoms with Crippen molar-refractivity contribution in [1.29, 1.82) is 0 Å². The van der Waals surface area contributed by atoms with Gasteiger partial charge in [0.25, 0.3) is 0 Å². The topological polar surface area (TPSA) is 0 Å². The van der Waals surface area contributed by atoms with Crippen LogP contribution in [0.15, 0.2) is 0 Å². The molecule has 0 radical (unpaired) electrons. The fraction of sp³-hybridized carbons (Fsp3) is 1.00. The summed E-state index contributed by atoms with van der Waals surface area (Å²) >= 11 is 0. The number of hydrogen-bond acceptors (Lipinski definition) is 0. The second-order valence-corrected chi connectivity index (χ2v) is 10.8. The first kappa shape index (κ1) is 17.4. The van der Waals surface area contributed by atoms with E-state index in [0.717, 1.165) is 35.5 Å². The van der Waals surface area contributed by atoms with E-state index in [-0.39, 0.29) is 0 Å². The minimum atomic E-state index is 0.675. The molecule has 0 heterocycles. The lowest BCUT2D eigenvalue weighted by Gasteiger charge is -2.62. The molecule has 138 valence electrons. The third kappa shape index (κ3) is 2.37. The predicted octanol–water partition coefficient (Wildman–Crippen LogP) is 7.47. The third-order valence-electron chi connectivity index (χ3n) is 10.3. The maximum absolute atomic E-state index is 2.74. The molecule has 0 heteroatoms. The monoisotopic (exact) mass is 330 g/mol. The first-order valence-corrected chi connectivity index (χ1v) is 11.5. The summed E-state index contributed by atoms with van der Waals surface area (Å²) in [5, 5.41) is 0. The Morgan fingerprint density at radius 3 is 2.54 bits per heavy atom. The molecule has 0 aliphatic heterocycles. The normalized spacial score (nSPS) is 54.0. The molecule has 0 nitrogen and oxygen atoms in total. The molecular formula is C24H42. The van der Waals surface area contributed by atoms with Crippen LogP contribution in [-0.4, -0.2) is 0 Å². The molecule has 0 aromatic carbocycles. The summed E-state index contributed by atoms with van der Waals surface area (Å²) in [5.74, 6) is 6.28. The van der Waals surface area contributed by atoms with Gasteiger partial charge in [0.05, 0.1) is 0 Å². The Balaban J connectivity index is 1.60. The van der Waals surface area contributed by atoms with Gasteiger partial charge in [-0.3, -0.25) is 0 Å². The van der Waals surface area contributed by atoms with Crippen molar-refractivity contribution in [1.82, 2.24) is 0 Å². The molecule has 4 rings (SSSR count). The molecule has 0 amide bonds. The van der Waals surface area contributed by atoms with Gasteiger partial charge in [0.2, 0.25) is 0 Å². The van der Waals surface area contributed by atoms with Crippen molar-refractivity contribution in [2.75, 3.05) is 0 Å². The molecule has 0 bridgehead atoms. The molecule has 8 atom stereocenters. The molecule has 4 aliphatic rings. The van der Waals surface area contributed by atoms with Gasteiger partial charge in [-0.2, -0.15) is 0 Å². The van der Waals surface area contributed by atoms with Crippen molar-refractivity contribution in [3.63, 3.8) is 0 Å². The highest BCUT2D eigenvalue weighted by molar-refractivity contribution is 5.10. The molecule has 7 unspecified atom stereocenters. The number of hydrogen-bond donors (Lipinski definition) is 0. The van der Waals surface area contributed by atoms with Crippen LogP contribution in [0.2, 0.25) is 0 Å². The van der Waals surface area contributed by atoms with E-state index < -0.39 is 0 Å². The summed E-state index contributed by atoms with van der Waals surface area (Å²) in [4.78, 5) is 0. The second kappa shape index (κ2) is 6.31. The predicted molar refractivity (Wildman–Crippen MR) is 104 cm³/mol. The molecule has 0 saturated heterocycles. The van der Waals surface area contributed by atoms with E-state index in [9.17, 15) is 0 Å². The van der Waals surface area contributed by atoms with E-state index in [4.69, 9.17) is 0 Å². The Bertz CT molecular complexity index is 453. The van der Waals surface area contributed by atoms with Gasteiger partial charge >= 0.3 is 0 Å². The van der Waals surface area contributed by atoms with Crippen LogP contribution in [0.3, 0.4) is 0 Å². The third-order valence-corrected chi connectivity index (χ3v) is 10.3. The van der Waals surface area contributed by atoms with Crippen LogP contribution in [0.1, 0.15) is 105 Å². The molecule has 0 spiro atoms. The average molecular weight is 331 g/mol. The van der Waals surface area contributed by atoms with Crippen LogP contribution in [-0.2, 0) is 0 Å². The maximum atomic E-state index is 2.74. The number of fused-ring (bicyclic) bond motifs is 5. The zero-order chi connectivity index (χ0) is 16.9. The lowest BCUT2D eigenvalue weighted by atomic mass is 9.43. The zero-order valence-corrected chi connectivity index (χ0v) is 16.9. The standard InChI is InChI=1S/C24H42/c1-5-6-9-19-12-14-21-20-13-11-18-10-7-8-15-23(18,3)22(20)16-17(2)24(19,21)4/h17-22H,5-16H2,1-4H3/t17-,18?,19?,20?,21?,22?,23?,24?/m0/s1. The van der Waals surface area contributed by atoms with E-state index in [1.807, 2.05) is 0 Å². The van der Waals surface area contributed by atoms with Crippen molar-refractivity contribution in [3.05, 3.63) is 0 Å². The van der Waals surface area contributed by atoms with E-state index >= 15 is 0 Å². The highest BCUT2D eigenvalue weighted by Crippen LogP contribution is 2.69. The SMILES string of the molecule is CCCCC1CCC2C3CCC4CCCCC4(C)C3C[C@H](C)C12C. The van der Waals surface area contributed by atoms with E-state index in [0.29, 0.717) is 10.8 Å². The molecule has 0 N–H and O–H groups in total. The van der Waals surface area contributed by atoms with Crippen molar-refractivity contribution in [3.8, 4) is 0 Å². The quantitative estimate of drug-likeness (QED) is 0.503. The Kier molecular flexibility index (Phi) is 4.58. The fourth-order valence-corrected chi connectivity index (χ4v) is 8.69. The van der Waals surface area contributed by atoms with Crippen LogP contribution in [0, 0.1) is 46.3 Å². The van der Waals surface area contributed by atoms with Crippen molar-refractivity contribution < 1.29 is 0 Å². The maximum Gasteiger partial charge on any atom is -0.0241 e. The van der Waals surface area contributed by atoms with Crippen molar-refractivity contribution >= 4 is 0 Å². The molecule has 24 heavy (non-hydrogen) atoms. The van der Waals surface area contributed by atoms with Gasteiger partial charge in [0, 0.05) is 0 Å². The van der Waals surface area contributed by atoms with Gasteiger partial charge in [-0.25, -0.2) is 0 Å². The van der Waals surface area contributed by atoms with Crippen LogP contribution < -0.4 is 0 Å². The first-order chi connectivity index (χ1) is 11.5. The summed E-state index contributed by atoms with van der Waals surface area (Å²) in [6, 6.07) is 0. The molecule has 4 saturated carbocycles. The summed E-state index contributed by atoms with van der Waals surface area (Å²) in [6.45, 7) is 10.5. The Hall–Kier alpha value is 0. The van der Waals surface area contributed by atoms with Gasteiger partial charge in [0.15, 0.2) is 0 Å². The van der Waals surface area contributed by atoms with E-state index in [2.05, 4.69) is 27.7 Å². The summed E-state index contributed by atoms with van der Waals surface area (Å²) in [7, 11) is 0. The van der Waals surface area contributed by atoms with Crippen LogP contribution in [0.25, 0.3) is 0 Å². The highest BCUT2D eigenvalue weighted by atomic mass is 14.7. The lowest BCUT2D eigenvalue weighted by molar-refractivity contribution is -0.134. The lowest BCUT2D eigenvalue weighted by Crippen LogP contribution is -2.55. The highest BCUT2D eigenvalue weighted by Gasteiger charge is 2.61. The van der Waals surface area contributed by atoms with Crippen molar-refractivity contribution in [2.45, 2.75) is 105 Å². The van der Waals surface area contributed by atoms with Crippen LogP contribution >= 0.6 is 0 Å². The van der Waals surface area contributed by atoms with Gasteiger partial charge in [0.1, 0.15) is 0 Å². The molecule has 0 aromatic heterocycles. The van der Waals surface area contributed by atoms with Gasteiger partial charge in [-0.1, -0.05) is 53.4 Å². The zero-order valence-electron chi connectivity index (χ0n) is 16.9. The first-order valence-electron chi connectivity index (χ1n) is 11.5. The molecule has 4 fully saturated rings. The summed E-state index contributed by atoms with van der Waals surface area (Å²) in [6.07, 6.45) is 18.3. The largest absolute Gasteiger partial charge is 0.0654 e. The smallest absolute Gasteiger partial charge is 0.0241 e. The molecule has 0 aromatic rings. The Morgan fingerprint density at radius 2 is 1.75 bits per heavy atom. The number of rotatable bonds is 3. The Morgan fingerprint density at radius 1 is 0.917 bits per heavy atom. The van der Waals surface area contributed by atoms with Crippen LogP contribution in [0.4, 0.5) is 0 Å². The van der Waals surface area contributed by atoms with Gasteiger partial charge in [-0.15, -0.1) is 0 Å². The molecule has 4 aliphatic carbocycles. The average Bonchev–Trinajstić information content (AvgIpc) is 2.91. The molecular weight excluding hydrogens is 288 g/mol. The van der Waals surface area contributed by atoms with Gasteiger partial charge in [-0.05, 0) is 97.7 Å². The minimum absolute atomic E-state index is 0.675. The van der Waals surface area contributed by atoms with Gasteiger partial charge < -0.3 is 0 Å². The second-order valence-electron chi connectivity index (χ2n) is 10.8. The van der Waals surface area contributed by atoms with Crippen molar-refractivity contribution in [2.24, 2.45) is 46.3 Å². The van der Waals surface area contributed by atoms with E-state index in [1.54, 1.807) is 44.9 Å². The summed E-state index contributed by atoms with van der Waals surface area (Å²) in [5.41, 5.74) is 1.38. The van der Waals surface area contributed by atoms with E-state index in [1.165, 1.54) is 32.1 Å². The number of unbranched alkanes of at least 4 members (excludes halogenated alkanes) is 1. The minimum Gasteiger partial charge on any atom is -0.0654 e.